The quantitative estimate of drug-likeness (QED) is 0.430. The highest BCUT2D eigenvalue weighted by Gasteiger charge is 2.58. The largest absolute Gasteiger partial charge is 0.497 e. The lowest BCUT2D eigenvalue weighted by molar-refractivity contribution is 0.0376. The molecule has 38 heavy (non-hydrogen) atoms. The second-order valence-corrected chi connectivity index (χ2v) is 11.8. The Labute approximate surface area is 227 Å². The molecule has 1 spiro atoms. The number of amides is 3. The Morgan fingerprint density at radius 2 is 1.87 bits per heavy atom. The molecule has 0 aliphatic carbocycles. The van der Waals surface area contributed by atoms with E-state index in [1.165, 1.54) is 5.56 Å². The highest BCUT2D eigenvalue weighted by atomic mass is 32.1. The number of urea groups is 1. The van der Waals surface area contributed by atoms with Gasteiger partial charge in [-0.3, -0.25) is 4.79 Å². The van der Waals surface area contributed by atoms with Crippen LogP contribution in [0.5, 0.6) is 11.5 Å². The Morgan fingerprint density at radius 1 is 1.11 bits per heavy atom. The number of benzene rings is 2. The van der Waals surface area contributed by atoms with E-state index in [1.807, 2.05) is 29.2 Å². The smallest absolute Gasteiger partial charge is 0.321 e. The van der Waals surface area contributed by atoms with E-state index in [-0.39, 0.29) is 29.4 Å². The van der Waals surface area contributed by atoms with E-state index in [0.717, 1.165) is 51.3 Å². The van der Waals surface area contributed by atoms with Crippen LogP contribution in [0.2, 0.25) is 0 Å². The molecule has 0 bridgehead atoms. The Morgan fingerprint density at radius 3 is 2.55 bits per heavy atom. The van der Waals surface area contributed by atoms with Gasteiger partial charge in [-0.25, -0.2) is 4.79 Å². The van der Waals surface area contributed by atoms with Crippen LogP contribution in [-0.2, 0) is 6.54 Å². The van der Waals surface area contributed by atoms with E-state index >= 15 is 0 Å². The normalized spacial score (nSPS) is 22.4. The van der Waals surface area contributed by atoms with Crippen molar-refractivity contribution in [2.24, 2.45) is 0 Å². The van der Waals surface area contributed by atoms with Crippen LogP contribution in [0.1, 0.15) is 59.8 Å². The molecule has 2 saturated heterocycles. The molecule has 3 aliphatic heterocycles. The van der Waals surface area contributed by atoms with Gasteiger partial charge in [-0.15, -0.1) is 11.3 Å². The van der Waals surface area contributed by atoms with Crippen molar-refractivity contribution in [3.8, 4) is 11.5 Å². The minimum absolute atomic E-state index is 0.0784. The molecule has 3 aromatic rings. The number of hydrogen-bond donors (Lipinski definition) is 0. The number of rotatable bonds is 4. The predicted molar refractivity (Wildman–Crippen MR) is 149 cm³/mol. The number of methoxy groups -OCH3 is 2. The Hall–Kier alpha value is -3.26. The van der Waals surface area contributed by atoms with Crippen LogP contribution >= 0.6 is 11.3 Å². The van der Waals surface area contributed by atoms with Crippen LogP contribution in [0.15, 0.2) is 42.5 Å². The summed E-state index contributed by atoms with van der Waals surface area (Å²) in [4.78, 5) is 34.3. The molecule has 2 fully saturated rings. The fraction of sp³-hybridized carbons (Fsp3) is 0.467. The highest BCUT2D eigenvalue weighted by Crippen LogP contribution is 2.49. The summed E-state index contributed by atoms with van der Waals surface area (Å²) >= 11 is 1.56. The summed E-state index contributed by atoms with van der Waals surface area (Å²) in [6.07, 6.45) is 2.43. The fourth-order valence-corrected chi connectivity index (χ4v) is 8.17. The van der Waals surface area contributed by atoms with Gasteiger partial charge in [-0.05, 0) is 61.3 Å². The molecule has 200 valence electrons. The summed E-state index contributed by atoms with van der Waals surface area (Å²) in [6, 6.07) is 14.3. The second kappa shape index (κ2) is 9.49. The molecule has 2 atom stereocenters. The van der Waals surface area contributed by atoms with E-state index < -0.39 is 0 Å². The molecule has 7 nitrogen and oxygen atoms in total. The zero-order valence-corrected chi connectivity index (χ0v) is 23.3. The number of hydrogen-bond acceptors (Lipinski definition) is 5. The number of fused-ring (bicyclic) bond motifs is 4. The van der Waals surface area contributed by atoms with E-state index in [4.69, 9.17) is 9.47 Å². The zero-order chi connectivity index (χ0) is 26.6. The SMILES string of the molecule is CCN1C(=O)N2Cc3cc(OC)cc(OC)c3[C@@H](C)C[C@@H]2C12CCN(C(=O)c1cc3ccccc3s1)CC2. The van der Waals surface area contributed by atoms with Gasteiger partial charge in [0.25, 0.3) is 5.91 Å². The van der Waals surface area contributed by atoms with E-state index in [1.54, 1.807) is 25.6 Å². The molecular weight excluding hydrogens is 498 g/mol. The van der Waals surface area contributed by atoms with Gasteiger partial charge in [-0.1, -0.05) is 25.1 Å². The molecule has 0 N–H and O–H groups in total. The average molecular weight is 534 g/mol. The lowest BCUT2D eigenvalue weighted by Gasteiger charge is -2.47. The molecule has 2 aromatic carbocycles. The lowest BCUT2D eigenvalue weighted by Crippen LogP contribution is -2.58. The summed E-state index contributed by atoms with van der Waals surface area (Å²) in [5.74, 6) is 1.89. The van der Waals surface area contributed by atoms with Crippen LogP contribution in [0.3, 0.4) is 0 Å². The van der Waals surface area contributed by atoms with Crippen molar-refractivity contribution in [2.45, 2.75) is 57.2 Å². The molecule has 3 amide bonds. The van der Waals surface area contributed by atoms with Crippen molar-refractivity contribution in [1.29, 1.82) is 0 Å². The number of likely N-dealkylation sites (tertiary alicyclic amines) is 1. The Kier molecular flexibility index (Phi) is 6.25. The van der Waals surface area contributed by atoms with E-state index in [2.05, 4.69) is 41.8 Å². The molecule has 4 heterocycles. The number of nitrogens with zero attached hydrogens (tertiary/aromatic N) is 3. The third-order valence-electron chi connectivity index (χ3n) is 8.95. The third-order valence-corrected chi connectivity index (χ3v) is 10.1. The fourth-order valence-electron chi connectivity index (χ4n) is 7.14. The zero-order valence-electron chi connectivity index (χ0n) is 22.5. The van der Waals surface area contributed by atoms with Gasteiger partial charge in [0.05, 0.1) is 30.7 Å². The maximum atomic E-state index is 13.9. The summed E-state index contributed by atoms with van der Waals surface area (Å²) < 4.78 is 12.5. The molecule has 6 rings (SSSR count). The standard InChI is InChI=1S/C30H35N3O4S/c1-5-33-29(35)32-18-21-15-22(36-3)17-23(37-4)27(21)19(2)14-26(32)30(33)10-12-31(13-11-30)28(34)25-16-20-8-6-7-9-24(20)38-25/h6-9,15-17,19,26H,5,10-14,18H2,1-4H3/t19-,26+/m0/s1. The van der Waals surface area contributed by atoms with Crippen molar-refractivity contribution in [3.05, 3.63) is 58.5 Å². The van der Waals surface area contributed by atoms with Gasteiger partial charge < -0.3 is 24.2 Å². The first-order valence-corrected chi connectivity index (χ1v) is 14.3. The summed E-state index contributed by atoms with van der Waals surface area (Å²) in [5.41, 5.74) is 1.98. The number of thiophene rings is 1. The highest BCUT2D eigenvalue weighted by molar-refractivity contribution is 7.20. The van der Waals surface area contributed by atoms with E-state index in [0.29, 0.717) is 26.2 Å². The van der Waals surface area contributed by atoms with Crippen LogP contribution < -0.4 is 9.47 Å². The van der Waals surface area contributed by atoms with Crippen LogP contribution in [-0.4, -0.2) is 72.1 Å². The number of carbonyl (C=O) groups excluding carboxylic acids is 2. The van der Waals surface area contributed by atoms with Gasteiger partial charge in [0.15, 0.2) is 0 Å². The number of ether oxygens (including phenoxy) is 2. The molecule has 1 aromatic heterocycles. The lowest BCUT2D eigenvalue weighted by atomic mass is 9.76. The van der Waals surface area contributed by atoms with Gasteiger partial charge >= 0.3 is 6.03 Å². The molecule has 0 unspecified atom stereocenters. The molecule has 8 heteroatoms. The first-order valence-electron chi connectivity index (χ1n) is 13.5. The Bertz CT molecular complexity index is 1360. The topological polar surface area (TPSA) is 62.3 Å². The number of carbonyl (C=O) groups is 2. The third kappa shape index (κ3) is 3.75. The van der Waals surface area contributed by atoms with Crippen molar-refractivity contribution in [3.63, 3.8) is 0 Å². The number of likely N-dealkylation sites (N-methyl/N-ethyl adjacent to an activating group) is 1. The number of piperidine rings is 1. The van der Waals surface area contributed by atoms with Crippen LogP contribution in [0.25, 0.3) is 10.1 Å². The minimum Gasteiger partial charge on any atom is -0.497 e. The van der Waals surface area contributed by atoms with E-state index in [9.17, 15) is 9.59 Å². The van der Waals surface area contributed by atoms with Crippen LogP contribution in [0, 0.1) is 0 Å². The van der Waals surface area contributed by atoms with Crippen LogP contribution in [0.4, 0.5) is 4.79 Å². The van der Waals surface area contributed by atoms with Gasteiger partial charge in [0.2, 0.25) is 0 Å². The maximum Gasteiger partial charge on any atom is 0.321 e. The summed E-state index contributed by atoms with van der Waals surface area (Å²) in [6.45, 7) is 6.83. The van der Waals surface area contributed by atoms with Gasteiger partial charge in [-0.2, -0.15) is 0 Å². The molecule has 3 aliphatic rings. The minimum atomic E-state index is -0.281. The van der Waals surface area contributed by atoms with Crippen molar-refractivity contribution >= 4 is 33.4 Å². The van der Waals surface area contributed by atoms with Gasteiger partial charge in [0.1, 0.15) is 11.5 Å². The maximum absolute atomic E-state index is 13.9. The first kappa shape index (κ1) is 25.0. The average Bonchev–Trinajstić information content (AvgIpc) is 3.40. The monoisotopic (exact) mass is 533 g/mol. The second-order valence-electron chi connectivity index (χ2n) is 10.8. The predicted octanol–water partition coefficient (Wildman–Crippen LogP) is 5.73. The van der Waals surface area contributed by atoms with Crippen molar-refractivity contribution < 1.29 is 19.1 Å². The Balaban J connectivity index is 1.29. The summed E-state index contributed by atoms with van der Waals surface area (Å²) in [5, 5.41) is 1.11. The molecular formula is C30H35N3O4S. The van der Waals surface area contributed by atoms with Crippen molar-refractivity contribution in [2.75, 3.05) is 33.9 Å². The molecule has 0 radical (unpaired) electrons. The first-order chi connectivity index (χ1) is 18.4. The van der Waals surface area contributed by atoms with Crippen molar-refractivity contribution in [1.82, 2.24) is 14.7 Å². The summed E-state index contributed by atoms with van der Waals surface area (Å²) in [7, 11) is 3.36. The van der Waals surface area contributed by atoms with Gasteiger partial charge in [0, 0.05) is 42.5 Å². The molecule has 0 saturated carbocycles.